The van der Waals surface area contributed by atoms with E-state index in [9.17, 15) is 23.2 Å². The third kappa shape index (κ3) is 4.99. The Labute approximate surface area is 244 Å². The molecule has 1 saturated heterocycles. The van der Waals surface area contributed by atoms with Gasteiger partial charge in [-0.25, -0.2) is 13.8 Å². The standard InChI is InChI=1S/C29H28ClF2N5O3S/c1-16-34-22(13-41-16)27(39)36-14-29(15-36)21-4-2-3-5-23(21)37(28(29)40)12-17-6-8-19(9-7-17)35-26(38)20-10-18(30)11-33-24(20)25(31)32/h2-5,10-11,13,17,19,25H,6-9,12,14-15H2,1H3,(H,35,38). The van der Waals surface area contributed by atoms with E-state index in [1.165, 1.54) is 17.4 Å². The summed E-state index contributed by atoms with van der Waals surface area (Å²) in [7, 11) is 0. The maximum Gasteiger partial charge on any atom is 0.281 e. The lowest BCUT2D eigenvalue weighted by molar-refractivity contribution is -0.128. The molecule has 0 atom stereocenters. The van der Waals surface area contributed by atoms with Crippen LogP contribution in [0.1, 0.15) is 69.2 Å². The first kappa shape index (κ1) is 27.7. The highest BCUT2D eigenvalue weighted by Crippen LogP contribution is 2.48. The lowest BCUT2D eigenvalue weighted by Crippen LogP contribution is -2.65. The van der Waals surface area contributed by atoms with Crippen molar-refractivity contribution in [2.75, 3.05) is 24.5 Å². The summed E-state index contributed by atoms with van der Waals surface area (Å²) < 4.78 is 26.7. The number of anilines is 1. The van der Waals surface area contributed by atoms with Crippen LogP contribution in [0.4, 0.5) is 14.5 Å². The van der Waals surface area contributed by atoms with Gasteiger partial charge < -0.3 is 15.1 Å². The van der Waals surface area contributed by atoms with Gasteiger partial charge in [-0.1, -0.05) is 29.8 Å². The molecule has 2 aromatic heterocycles. The summed E-state index contributed by atoms with van der Waals surface area (Å²) in [6.45, 7) is 3.05. The number of carbonyl (C=O) groups excluding carboxylic acids is 3. The van der Waals surface area contributed by atoms with Crippen LogP contribution in [-0.2, 0) is 10.2 Å². The smallest absolute Gasteiger partial charge is 0.281 e. The third-order valence-corrected chi connectivity index (χ3v) is 9.35. The van der Waals surface area contributed by atoms with Gasteiger partial charge in [0.05, 0.1) is 15.6 Å². The Kier molecular flexibility index (Phi) is 7.27. The van der Waals surface area contributed by atoms with Gasteiger partial charge in [0.1, 0.15) is 16.8 Å². The minimum Gasteiger partial charge on any atom is -0.349 e. The molecule has 1 saturated carbocycles. The van der Waals surface area contributed by atoms with E-state index < -0.39 is 23.4 Å². The van der Waals surface area contributed by atoms with Gasteiger partial charge in [-0.15, -0.1) is 11.3 Å². The van der Waals surface area contributed by atoms with Crippen LogP contribution in [0.15, 0.2) is 41.9 Å². The van der Waals surface area contributed by atoms with Crippen molar-refractivity contribution in [3.05, 3.63) is 74.5 Å². The molecule has 4 heterocycles. The van der Waals surface area contributed by atoms with Crippen molar-refractivity contribution in [3.8, 4) is 0 Å². The largest absolute Gasteiger partial charge is 0.349 e. The highest BCUT2D eigenvalue weighted by molar-refractivity contribution is 7.09. The predicted octanol–water partition coefficient (Wildman–Crippen LogP) is 5.17. The number of benzene rings is 1. The minimum atomic E-state index is -2.88. The van der Waals surface area contributed by atoms with Gasteiger partial charge in [0.2, 0.25) is 5.91 Å². The molecule has 1 spiro atoms. The normalized spacial score (nSPS) is 21.2. The number of fused-ring (bicyclic) bond motifs is 2. The van der Waals surface area contributed by atoms with Crippen molar-refractivity contribution in [2.45, 2.75) is 50.5 Å². The van der Waals surface area contributed by atoms with Crippen molar-refractivity contribution in [1.29, 1.82) is 0 Å². The Hall–Kier alpha value is -3.44. The Morgan fingerprint density at radius 2 is 1.93 bits per heavy atom. The molecule has 0 radical (unpaired) electrons. The predicted molar refractivity (Wildman–Crippen MR) is 151 cm³/mol. The summed E-state index contributed by atoms with van der Waals surface area (Å²) in [4.78, 5) is 51.1. The lowest BCUT2D eigenvalue weighted by Gasteiger charge is -2.46. The number of aromatic nitrogens is 2. The Morgan fingerprint density at radius 1 is 1.20 bits per heavy atom. The molecular formula is C29H28ClF2N5O3S. The van der Waals surface area contributed by atoms with Crippen LogP contribution < -0.4 is 10.2 Å². The zero-order chi connectivity index (χ0) is 28.9. The topological polar surface area (TPSA) is 95.5 Å². The van der Waals surface area contributed by atoms with Crippen molar-refractivity contribution >= 4 is 46.3 Å². The van der Waals surface area contributed by atoms with Crippen molar-refractivity contribution in [2.24, 2.45) is 5.92 Å². The Bertz CT molecular complexity index is 1520. The summed E-state index contributed by atoms with van der Waals surface area (Å²) >= 11 is 7.33. The summed E-state index contributed by atoms with van der Waals surface area (Å²) in [6.07, 6.45) is 1.09. The van der Waals surface area contributed by atoms with E-state index in [2.05, 4.69) is 15.3 Å². The fourth-order valence-corrected chi connectivity index (χ4v) is 7.02. The van der Waals surface area contributed by atoms with Gasteiger partial charge in [-0.05, 0) is 56.2 Å². The molecule has 41 heavy (non-hydrogen) atoms. The Morgan fingerprint density at radius 3 is 2.61 bits per heavy atom. The van der Waals surface area contributed by atoms with Crippen LogP contribution in [0, 0.1) is 12.8 Å². The highest BCUT2D eigenvalue weighted by Gasteiger charge is 2.59. The molecule has 1 aliphatic carbocycles. The molecule has 1 N–H and O–H groups in total. The number of amides is 3. The lowest BCUT2D eigenvalue weighted by atomic mass is 9.74. The molecule has 3 aliphatic rings. The molecule has 8 nitrogen and oxygen atoms in total. The average Bonchev–Trinajstić information content (AvgIpc) is 3.47. The number of rotatable bonds is 6. The monoisotopic (exact) mass is 599 g/mol. The zero-order valence-corrected chi connectivity index (χ0v) is 23.9. The molecule has 0 unspecified atom stereocenters. The minimum absolute atomic E-state index is 0.0145. The summed E-state index contributed by atoms with van der Waals surface area (Å²) in [6, 6.07) is 8.83. The number of carbonyl (C=O) groups is 3. The van der Waals surface area contributed by atoms with E-state index in [0.717, 1.165) is 35.3 Å². The average molecular weight is 600 g/mol. The summed E-state index contributed by atoms with van der Waals surface area (Å²) in [5.74, 6) is -0.532. The fraction of sp³-hybridized carbons (Fsp3) is 0.414. The number of hydrogen-bond acceptors (Lipinski definition) is 6. The molecular weight excluding hydrogens is 572 g/mol. The second-order valence-electron chi connectivity index (χ2n) is 11.0. The molecule has 3 aromatic rings. The molecule has 2 aliphatic heterocycles. The maximum absolute atomic E-state index is 13.9. The van der Waals surface area contributed by atoms with Gasteiger partial charge in [0, 0.05) is 42.9 Å². The van der Waals surface area contributed by atoms with E-state index in [1.807, 2.05) is 36.1 Å². The molecule has 0 bridgehead atoms. The molecule has 12 heteroatoms. The van der Waals surface area contributed by atoms with Crippen LogP contribution in [0.5, 0.6) is 0 Å². The van der Waals surface area contributed by atoms with Crippen molar-refractivity contribution < 1.29 is 23.2 Å². The maximum atomic E-state index is 13.9. The Balaban J connectivity index is 1.09. The van der Waals surface area contributed by atoms with Crippen molar-refractivity contribution in [3.63, 3.8) is 0 Å². The first-order valence-corrected chi connectivity index (χ1v) is 14.8. The van der Waals surface area contributed by atoms with Gasteiger partial charge >= 0.3 is 0 Å². The number of thiazole rings is 1. The van der Waals surface area contributed by atoms with E-state index in [0.29, 0.717) is 38.2 Å². The van der Waals surface area contributed by atoms with Crippen LogP contribution in [0.25, 0.3) is 0 Å². The van der Waals surface area contributed by atoms with Crippen LogP contribution in [-0.4, -0.2) is 58.3 Å². The number of hydrogen-bond donors (Lipinski definition) is 1. The molecule has 214 valence electrons. The quantitative estimate of drug-likeness (QED) is 0.422. The summed E-state index contributed by atoms with van der Waals surface area (Å²) in [5, 5.41) is 5.56. The zero-order valence-electron chi connectivity index (χ0n) is 22.3. The van der Waals surface area contributed by atoms with Crippen molar-refractivity contribution in [1.82, 2.24) is 20.2 Å². The second kappa shape index (κ2) is 10.8. The summed E-state index contributed by atoms with van der Waals surface area (Å²) in [5.41, 5.74) is 0.720. The number of halogens is 3. The molecule has 1 aromatic carbocycles. The number of para-hydroxylation sites is 1. The molecule has 3 amide bonds. The van der Waals surface area contributed by atoms with Crippen LogP contribution >= 0.6 is 22.9 Å². The fourth-order valence-electron chi connectivity index (χ4n) is 6.27. The van der Waals surface area contributed by atoms with Gasteiger partial charge in [-0.2, -0.15) is 0 Å². The van der Waals surface area contributed by atoms with Gasteiger partial charge in [-0.3, -0.25) is 19.4 Å². The van der Waals surface area contributed by atoms with E-state index >= 15 is 0 Å². The molecule has 2 fully saturated rings. The number of aryl methyl sites for hydroxylation is 1. The van der Waals surface area contributed by atoms with Crippen LogP contribution in [0.2, 0.25) is 5.02 Å². The van der Waals surface area contributed by atoms with Crippen LogP contribution in [0.3, 0.4) is 0 Å². The number of pyridine rings is 1. The number of alkyl halides is 2. The number of likely N-dealkylation sites (tertiary alicyclic amines) is 1. The SMILES string of the molecule is Cc1nc(C(=O)N2CC3(C2)C(=O)N(CC2CCC(NC(=O)c4cc(Cl)cnc4C(F)F)CC2)c2ccccc23)cs1. The molecule has 6 rings (SSSR count). The van der Waals surface area contributed by atoms with Gasteiger partial charge in [0.25, 0.3) is 18.2 Å². The number of nitrogens with one attached hydrogen (secondary N) is 1. The highest BCUT2D eigenvalue weighted by atomic mass is 35.5. The van der Waals surface area contributed by atoms with E-state index in [1.54, 1.807) is 10.3 Å². The van der Waals surface area contributed by atoms with E-state index in [-0.39, 0.29) is 34.4 Å². The van der Waals surface area contributed by atoms with E-state index in [4.69, 9.17) is 11.6 Å². The number of nitrogens with zero attached hydrogens (tertiary/aromatic N) is 4. The first-order chi connectivity index (χ1) is 19.7. The van der Waals surface area contributed by atoms with Gasteiger partial charge in [0.15, 0.2) is 0 Å². The first-order valence-electron chi connectivity index (χ1n) is 13.5. The second-order valence-corrected chi connectivity index (χ2v) is 12.5. The third-order valence-electron chi connectivity index (χ3n) is 8.37.